The van der Waals surface area contributed by atoms with Crippen LogP contribution in [0.4, 0.5) is 0 Å². The monoisotopic (exact) mass is 355 g/mol. The number of carbonyl (C=O) groups excluding carboxylic acids is 1. The Bertz CT molecular complexity index is 715. The highest BCUT2D eigenvalue weighted by molar-refractivity contribution is 5.81. The zero-order valence-corrected chi connectivity index (χ0v) is 16.4. The van der Waals surface area contributed by atoms with Crippen molar-refractivity contribution in [2.24, 2.45) is 0 Å². The summed E-state index contributed by atoms with van der Waals surface area (Å²) >= 11 is 0. The van der Waals surface area contributed by atoms with E-state index in [0.29, 0.717) is 19.6 Å². The Kier molecular flexibility index (Phi) is 7.07. The second-order valence-electron chi connectivity index (χ2n) is 6.80. The van der Waals surface area contributed by atoms with Crippen molar-refractivity contribution in [2.45, 2.75) is 47.1 Å². The lowest BCUT2D eigenvalue weighted by atomic mass is 10.1. The number of amides is 1. The van der Waals surface area contributed by atoms with Crippen molar-refractivity contribution in [1.29, 1.82) is 0 Å². The van der Waals surface area contributed by atoms with Crippen molar-refractivity contribution >= 4 is 5.91 Å². The van der Waals surface area contributed by atoms with Crippen molar-refractivity contribution in [3.63, 3.8) is 0 Å². The number of nitrogens with one attached hydrogen (secondary N) is 1. The Morgan fingerprint density at radius 1 is 0.885 bits per heavy atom. The first kappa shape index (κ1) is 19.8. The first-order chi connectivity index (χ1) is 12.4. The molecule has 0 spiro atoms. The third-order valence-corrected chi connectivity index (χ3v) is 4.00. The van der Waals surface area contributed by atoms with Crippen molar-refractivity contribution in [3.8, 4) is 11.5 Å². The molecule has 140 valence electrons. The maximum Gasteiger partial charge on any atom is 0.261 e. The first-order valence-corrected chi connectivity index (χ1v) is 9.11. The number of aryl methyl sites for hydroxylation is 4. The lowest BCUT2D eigenvalue weighted by Crippen LogP contribution is -2.39. The quantitative estimate of drug-likeness (QED) is 0.719. The molecule has 0 aliphatic carbocycles. The van der Waals surface area contributed by atoms with E-state index in [4.69, 9.17) is 9.47 Å². The summed E-state index contributed by atoms with van der Waals surface area (Å²) in [6.07, 6.45) is 0.105. The van der Waals surface area contributed by atoms with Crippen LogP contribution in [-0.2, 0) is 4.79 Å². The highest BCUT2D eigenvalue weighted by Crippen LogP contribution is 2.19. The predicted molar refractivity (Wildman–Crippen MR) is 105 cm³/mol. The zero-order chi connectivity index (χ0) is 19.1. The van der Waals surface area contributed by atoms with Crippen LogP contribution >= 0.6 is 0 Å². The average molecular weight is 355 g/mol. The molecule has 2 rings (SSSR count). The minimum atomic E-state index is -0.502. The molecule has 0 aromatic heterocycles. The van der Waals surface area contributed by atoms with Crippen LogP contribution in [0.25, 0.3) is 0 Å². The summed E-state index contributed by atoms with van der Waals surface area (Å²) in [6.45, 7) is 10.9. The normalized spacial score (nSPS) is 11.7. The largest absolute Gasteiger partial charge is 0.492 e. The van der Waals surface area contributed by atoms with Crippen LogP contribution in [-0.4, -0.2) is 25.2 Å². The molecule has 26 heavy (non-hydrogen) atoms. The molecule has 0 radical (unpaired) electrons. The summed E-state index contributed by atoms with van der Waals surface area (Å²) in [5.74, 6) is 1.45. The molecule has 0 saturated heterocycles. The van der Waals surface area contributed by atoms with Gasteiger partial charge in [0.2, 0.25) is 0 Å². The number of hydrogen-bond donors (Lipinski definition) is 1. The van der Waals surface area contributed by atoms with Gasteiger partial charge in [-0.1, -0.05) is 19.1 Å². The summed E-state index contributed by atoms with van der Waals surface area (Å²) in [7, 11) is 0. The van der Waals surface area contributed by atoms with Crippen molar-refractivity contribution < 1.29 is 14.3 Å². The summed E-state index contributed by atoms with van der Waals surface area (Å²) in [4.78, 5) is 12.4. The van der Waals surface area contributed by atoms with E-state index in [2.05, 4.69) is 17.4 Å². The molecule has 1 unspecified atom stereocenters. The molecule has 4 heteroatoms. The first-order valence-electron chi connectivity index (χ1n) is 9.11. The molecule has 0 aliphatic heterocycles. The van der Waals surface area contributed by atoms with E-state index in [1.54, 1.807) is 0 Å². The average Bonchev–Trinajstić information content (AvgIpc) is 2.54. The van der Waals surface area contributed by atoms with Crippen LogP contribution in [0.2, 0.25) is 0 Å². The van der Waals surface area contributed by atoms with Crippen LogP contribution in [0.3, 0.4) is 0 Å². The number of hydrogen-bond acceptors (Lipinski definition) is 3. The molecule has 2 aromatic carbocycles. The van der Waals surface area contributed by atoms with E-state index in [1.165, 1.54) is 0 Å². The smallest absolute Gasteiger partial charge is 0.261 e. The lowest BCUT2D eigenvalue weighted by Gasteiger charge is -2.18. The van der Waals surface area contributed by atoms with Gasteiger partial charge in [0.05, 0.1) is 6.54 Å². The van der Waals surface area contributed by atoms with E-state index >= 15 is 0 Å². The Morgan fingerprint density at radius 2 is 1.38 bits per heavy atom. The maximum absolute atomic E-state index is 12.4. The van der Waals surface area contributed by atoms with Gasteiger partial charge in [-0.05, 0) is 80.6 Å². The molecule has 0 heterocycles. The maximum atomic E-state index is 12.4. The van der Waals surface area contributed by atoms with Gasteiger partial charge in [0, 0.05) is 0 Å². The molecule has 2 aromatic rings. The van der Waals surface area contributed by atoms with Gasteiger partial charge in [-0.25, -0.2) is 0 Å². The molecule has 0 bridgehead atoms. The minimum absolute atomic E-state index is 0.115. The topological polar surface area (TPSA) is 47.6 Å². The van der Waals surface area contributed by atoms with Gasteiger partial charge in [0.1, 0.15) is 18.1 Å². The third-order valence-electron chi connectivity index (χ3n) is 4.00. The fourth-order valence-electron chi connectivity index (χ4n) is 2.96. The van der Waals surface area contributed by atoms with Crippen LogP contribution in [0.5, 0.6) is 11.5 Å². The van der Waals surface area contributed by atoms with Gasteiger partial charge < -0.3 is 14.8 Å². The highest BCUT2D eigenvalue weighted by Gasteiger charge is 2.18. The zero-order valence-electron chi connectivity index (χ0n) is 16.4. The molecule has 0 saturated carbocycles. The number of ether oxygens (including phenoxy) is 2. The second kappa shape index (κ2) is 9.27. The van der Waals surface area contributed by atoms with Gasteiger partial charge in [0.25, 0.3) is 5.91 Å². The number of rotatable bonds is 8. The fourth-order valence-corrected chi connectivity index (χ4v) is 2.96. The molecule has 0 aliphatic rings. The molecule has 1 N–H and O–H groups in total. The van der Waals surface area contributed by atoms with Crippen LogP contribution in [0, 0.1) is 27.7 Å². The van der Waals surface area contributed by atoms with Crippen LogP contribution < -0.4 is 14.8 Å². The second-order valence-corrected chi connectivity index (χ2v) is 6.80. The highest BCUT2D eigenvalue weighted by atomic mass is 16.5. The molecular formula is C22H29NO3. The van der Waals surface area contributed by atoms with E-state index in [0.717, 1.165) is 33.8 Å². The van der Waals surface area contributed by atoms with Crippen LogP contribution in [0.1, 0.15) is 35.6 Å². The Balaban J connectivity index is 1.83. The fraction of sp³-hybridized carbons (Fsp3) is 0.409. The van der Waals surface area contributed by atoms with Gasteiger partial charge >= 0.3 is 0 Å². The molecule has 4 nitrogen and oxygen atoms in total. The Morgan fingerprint density at radius 3 is 1.88 bits per heavy atom. The standard InChI is InChI=1S/C22H29NO3/c1-6-21(26-20-13-17(4)10-18(5)14-20)22(24)23-7-8-25-19-11-15(2)9-16(3)12-19/h9-14,21H,6-8H2,1-5H3,(H,23,24). The van der Waals surface area contributed by atoms with Crippen LogP contribution in [0.15, 0.2) is 36.4 Å². The van der Waals surface area contributed by atoms with E-state index in [1.807, 2.05) is 58.9 Å². The summed E-state index contributed by atoms with van der Waals surface area (Å²) in [5, 5.41) is 2.89. The molecule has 1 amide bonds. The Labute approximate surface area is 156 Å². The van der Waals surface area contributed by atoms with Crippen molar-refractivity contribution in [2.75, 3.05) is 13.2 Å². The van der Waals surface area contributed by atoms with Gasteiger partial charge in [-0.3, -0.25) is 4.79 Å². The Hall–Kier alpha value is -2.49. The SMILES string of the molecule is CCC(Oc1cc(C)cc(C)c1)C(=O)NCCOc1cc(C)cc(C)c1. The lowest BCUT2D eigenvalue weighted by molar-refractivity contribution is -0.128. The number of benzene rings is 2. The van der Waals surface area contributed by atoms with Crippen molar-refractivity contribution in [3.05, 3.63) is 58.7 Å². The van der Waals surface area contributed by atoms with Gasteiger partial charge in [0.15, 0.2) is 6.10 Å². The number of carbonyl (C=O) groups is 1. The summed E-state index contributed by atoms with van der Waals surface area (Å²) in [5.41, 5.74) is 4.57. The van der Waals surface area contributed by atoms with E-state index in [9.17, 15) is 4.79 Å². The van der Waals surface area contributed by atoms with Crippen molar-refractivity contribution in [1.82, 2.24) is 5.32 Å². The molecular weight excluding hydrogens is 326 g/mol. The third kappa shape index (κ3) is 6.10. The minimum Gasteiger partial charge on any atom is -0.492 e. The summed E-state index contributed by atoms with van der Waals surface area (Å²) < 4.78 is 11.6. The summed E-state index contributed by atoms with van der Waals surface area (Å²) in [6, 6.07) is 12.1. The van der Waals surface area contributed by atoms with Gasteiger partial charge in [-0.2, -0.15) is 0 Å². The van der Waals surface area contributed by atoms with E-state index in [-0.39, 0.29) is 5.91 Å². The molecule has 1 atom stereocenters. The van der Waals surface area contributed by atoms with E-state index < -0.39 is 6.10 Å². The van der Waals surface area contributed by atoms with Gasteiger partial charge in [-0.15, -0.1) is 0 Å². The predicted octanol–water partition coefficient (Wildman–Crippen LogP) is 4.27. The molecule has 0 fully saturated rings.